The van der Waals surface area contributed by atoms with Crippen LogP contribution >= 0.6 is 0 Å². The van der Waals surface area contributed by atoms with Crippen molar-refractivity contribution in [2.24, 2.45) is 5.73 Å². The number of hydrogen-bond donors (Lipinski definition) is 2. The van der Waals surface area contributed by atoms with Crippen molar-refractivity contribution in [2.75, 3.05) is 14.1 Å². The molecule has 0 bridgehead atoms. The van der Waals surface area contributed by atoms with Gasteiger partial charge in [0.25, 0.3) is 5.91 Å². The number of aryl methyl sites for hydroxylation is 1. The van der Waals surface area contributed by atoms with Crippen LogP contribution in [-0.2, 0) is 12.8 Å². The Labute approximate surface area is 112 Å². The highest BCUT2D eigenvalue weighted by molar-refractivity contribution is 6.06. The molecule has 0 saturated carbocycles. The van der Waals surface area contributed by atoms with Crippen LogP contribution in [0.3, 0.4) is 0 Å². The number of nitrogens with two attached hydrogens (primary N) is 1. The fourth-order valence-electron chi connectivity index (χ4n) is 3.07. The van der Waals surface area contributed by atoms with Crippen molar-refractivity contribution in [3.63, 3.8) is 0 Å². The molecule has 1 atom stereocenters. The molecule has 3 rings (SSSR count). The molecule has 0 spiro atoms. The lowest BCUT2D eigenvalue weighted by Gasteiger charge is -2.28. The number of carbonyl (C=O) groups excluding carboxylic acids is 1. The summed E-state index contributed by atoms with van der Waals surface area (Å²) in [5.41, 5.74) is 9.55. The van der Waals surface area contributed by atoms with Gasteiger partial charge in [0.1, 0.15) is 0 Å². The normalized spacial score (nSPS) is 18.8. The van der Waals surface area contributed by atoms with Crippen molar-refractivity contribution in [3.8, 4) is 0 Å². The Hall–Kier alpha value is -1.81. The van der Waals surface area contributed by atoms with Crippen LogP contribution in [-0.4, -0.2) is 35.9 Å². The first kappa shape index (κ1) is 12.2. The average molecular weight is 257 g/mol. The highest BCUT2D eigenvalue weighted by Crippen LogP contribution is 2.31. The minimum Gasteiger partial charge on any atom is -0.366 e. The van der Waals surface area contributed by atoms with Crippen molar-refractivity contribution in [1.29, 1.82) is 0 Å². The smallest absolute Gasteiger partial charge is 0.250 e. The number of aromatic nitrogens is 1. The number of nitrogens with zero attached hydrogens (tertiary/aromatic N) is 1. The third-order valence-electron chi connectivity index (χ3n) is 4.19. The SMILES string of the molecule is CN(C)C1CCc2[nH]c3c(C(N)=O)cccc3c2C1. The van der Waals surface area contributed by atoms with Gasteiger partial charge in [0.05, 0.1) is 11.1 Å². The number of carbonyl (C=O) groups is 1. The van der Waals surface area contributed by atoms with E-state index in [0.717, 1.165) is 30.2 Å². The van der Waals surface area contributed by atoms with E-state index in [1.807, 2.05) is 6.07 Å². The first-order chi connectivity index (χ1) is 9.08. The monoisotopic (exact) mass is 257 g/mol. The zero-order chi connectivity index (χ0) is 13.6. The summed E-state index contributed by atoms with van der Waals surface area (Å²) in [6.45, 7) is 0. The quantitative estimate of drug-likeness (QED) is 0.860. The largest absolute Gasteiger partial charge is 0.366 e. The number of amides is 1. The molecule has 4 heteroatoms. The number of rotatable bonds is 2. The molecule has 100 valence electrons. The minimum absolute atomic E-state index is 0.367. The number of benzene rings is 1. The molecule has 1 aromatic carbocycles. The van der Waals surface area contributed by atoms with E-state index in [1.54, 1.807) is 6.07 Å². The Morgan fingerprint density at radius 3 is 2.89 bits per heavy atom. The lowest BCUT2D eigenvalue weighted by atomic mass is 9.90. The number of nitrogens with one attached hydrogen (secondary N) is 1. The predicted octanol–water partition coefficient (Wildman–Crippen LogP) is 1.69. The van der Waals surface area contributed by atoms with Crippen LogP contribution in [0.25, 0.3) is 10.9 Å². The second-order valence-electron chi connectivity index (χ2n) is 5.53. The molecular weight excluding hydrogens is 238 g/mol. The van der Waals surface area contributed by atoms with Gasteiger partial charge in [-0.2, -0.15) is 0 Å². The summed E-state index contributed by atoms with van der Waals surface area (Å²) in [5.74, 6) is -0.367. The number of para-hydroxylation sites is 1. The fraction of sp³-hybridized carbons (Fsp3) is 0.400. The van der Waals surface area contributed by atoms with Gasteiger partial charge in [0.15, 0.2) is 0 Å². The molecule has 19 heavy (non-hydrogen) atoms. The standard InChI is InChI=1S/C15H19N3O/c1-18(2)9-6-7-13-12(8-9)10-4-3-5-11(15(16)19)14(10)17-13/h3-5,9,17H,6-8H2,1-2H3,(H2,16,19). The van der Waals surface area contributed by atoms with Crippen LogP contribution in [0.15, 0.2) is 18.2 Å². The Morgan fingerprint density at radius 1 is 1.42 bits per heavy atom. The number of hydrogen-bond acceptors (Lipinski definition) is 2. The van der Waals surface area contributed by atoms with Gasteiger partial charge in [-0.1, -0.05) is 12.1 Å². The molecule has 2 aromatic rings. The third-order valence-corrected chi connectivity index (χ3v) is 4.19. The first-order valence-corrected chi connectivity index (χ1v) is 6.66. The van der Waals surface area contributed by atoms with Gasteiger partial charge in [-0.3, -0.25) is 4.79 Å². The Bertz CT molecular complexity index is 642. The second-order valence-corrected chi connectivity index (χ2v) is 5.53. The predicted molar refractivity (Wildman–Crippen MR) is 76.3 cm³/mol. The van der Waals surface area contributed by atoms with E-state index in [0.29, 0.717) is 11.6 Å². The van der Waals surface area contributed by atoms with Crippen LogP contribution in [0.1, 0.15) is 28.0 Å². The zero-order valence-electron chi connectivity index (χ0n) is 11.4. The van der Waals surface area contributed by atoms with Crippen LogP contribution in [0, 0.1) is 0 Å². The van der Waals surface area contributed by atoms with E-state index in [9.17, 15) is 4.79 Å². The van der Waals surface area contributed by atoms with E-state index in [2.05, 4.69) is 30.0 Å². The number of fused-ring (bicyclic) bond motifs is 3. The van der Waals surface area contributed by atoms with Crippen LogP contribution < -0.4 is 5.73 Å². The van der Waals surface area contributed by atoms with Crippen LogP contribution in [0.2, 0.25) is 0 Å². The van der Waals surface area contributed by atoms with Gasteiger partial charge < -0.3 is 15.6 Å². The summed E-state index contributed by atoms with van der Waals surface area (Å²) in [4.78, 5) is 17.2. The van der Waals surface area contributed by atoms with Gasteiger partial charge in [0.2, 0.25) is 0 Å². The fourth-order valence-corrected chi connectivity index (χ4v) is 3.07. The number of H-pyrrole nitrogens is 1. The molecule has 3 N–H and O–H groups in total. The number of likely N-dealkylation sites (N-methyl/N-ethyl adjacent to an activating group) is 1. The third kappa shape index (κ3) is 1.92. The van der Waals surface area contributed by atoms with Crippen molar-refractivity contribution < 1.29 is 4.79 Å². The summed E-state index contributed by atoms with van der Waals surface area (Å²) in [6, 6.07) is 6.35. The van der Waals surface area contributed by atoms with Crippen LogP contribution in [0.5, 0.6) is 0 Å². The lowest BCUT2D eigenvalue weighted by Crippen LogP contribution is -2.33. The highest BCUT2D eigenvalue weighted by Gasteiger charge is 2.24. The van der Waals surface area contributed by atoms with Crippen molar-refractivity contribution in [1.82, 2.24) is 9.88 Å². The van der Waals surface area contributed by atoms with Gasteiger partial charge in [-0.25, -0.2) is 0 Å². The van der Waals surface area contributed by atoms with Crippen molar-refractivity contribution in [3.05, 3.63) is 35.0 Å². The van der Waals surface area contributed by atoms with E-state index >= 15 is 0 Å². The molecular formula is C15H19N3O. The first-order valence-electron chi connectivity index (χ1n) is 6.66. The van der Waals surface area contributed by atoms with Gasteiger partial charge in [0, 0.05) is 17.1 Å². The Balaban J connectivity index is 2.15. The number of primary amides is 1. The lowest BCUT2D eigenvalue weighted by molar-refractivity contribution is 0.100. The highest BCUT2D eigenvalue weighted by atomic mass is 16.1. The number of aromatic amines is 1. The summed E-state index contributed by atoms with van der Waals surface area (Å²) in [5, 5.41) is 1.15. The molecule has 4 nitrogen and oxygen atoms in total. The van der Waals surface area contributed by atoms with E-state index < -0.39 is 0 Å². The maximum absolute atomic E-state index is 11.5. The topological polar surface area (TPSA) is 62.1 Å². The van der Waals surface area contributed by atoms with Crippen LogP contribution in [0.4, 0.5) is 0 Å². The molecule has 1 aliphatic rings. The van der Waals surface area contributed by atoms with Gasteiger partial charge in [-0.15, -0.1) is 0 Å². The average Bonchev–Trinajstić information content (AvgIpc) is 2.75. The summed E-state index contributed by atoms with van der Waals surface area (Å²) < 4.78 is 0. The van der Waals surface area contributed by atoms with E-state index in [-0.39, 0.29) is 5.91 Å². The van der Waals surface area contributed by atoms with Crippen molar-refractivity contribution in [2.45, 2.75) is 25.3 Å². The molecule has 1 aromatic heterocycles. The molecule has 0 radical (unpaired) electrons. The Morgan fingerprint density at radius 2 is 2.21 bits per heavy atom. The molecule has 0 aliphatic heterocycles. The van der Waals surface area contributed by atoms with Gasteiger partial charge >= 0.3 is 0 Å². The van der Waals surface area contributed by atoms with Gasteiger partial charge in [-0.05, 0) is 45.0 Å². The second kappa shape index (κ2) is 4.38. The Kier molecular flexibility index (Phi) is 2.82. The molecule has 1 heterocycles. The summed E-state index contributed by atoms with van der Waals surface area (Å²) in [7, 11) is 4.25. The van der Waals surface area contributed by atoms with E-state index in [4.69, 9.17) is 5.73 Å². The van der Waals surface area contributed by atoms with Crippen molar-refractivity contribution >= 4 is 16.8 Å². The molecule has 1 aliphatic carbocycles. The molecule has 1 unspecified atom stereocenters. The zero-order valence-corrected chi connectivity index (χ0v) is 11.4. The molecule has 0 saturated heterocycles. The maximum Gasteiger partial charge on any atom is 0.250 e. The summed E-state index contributed by atoms with van der Waals surface area (Å²) >= 11 is 0. The molecule has 1 amide bonds. The van der Waals surface area contributed by atoms with E-state index in [1.165, 1.54) is 11.3 Å². The summed E-state index contributed by atoms with van der Waals surface area (Å²) in [6.07, 6.45) is 3.22. The molecule has 0 fully saturated rings. The minimum atomic E-state index is -0.367. The maximum atomic E-state index is 11.5.